The molecule has 0 aromatic heterocycles. The van der Waals surface area contributed by atoms with Gasteiger partial charge in [-0.05, 0) is 102 Å². The van der Waals surface area contributed by atoms with Gasteiger partial charge in [-0.2, -0.15) is 0 Å². The second-order valence-corrected chi connectivity index (χ2v) is 11.6. The Hall–Kier alpha value is -18.7. The minimum atomic E-state index is 0. The molecule has 0 bridgehead atoms. The molecule has 3 heteroatoms. The van der Waals surface area contributed by atoms with Crippen LogP contribution >= 0.6 is 24.0 Å². The minimum Gasteiger partial charge on any atom is -0.357 e. The van der Waals surface area contributed by atoms with Crippen molar-refractivity contribution in [3.8, 4) is 510 Å². The third-order valence-corrected chi connectivity index (χ3v) is 5.63. The highest BCUT2D eigenvalue weighted by atomic mass is 127. The summed E-state index contributed by atoms with van der Waals surface area (Å²) in [6, 6.07) is 0. The molecule has 1 N–H and O–H groups in total. The summed E-state index contributed by atoms with van der Waals surface area (Å²) >= 11 is 0. The lowest BCUT2D eigenvalue weighted by Gasteiger charge is -1.88. The zero-order chi connectivity index (χ0) is 66.4. The molecule has 0 aromatic carbocycles. The lowest BCUT2D eigenvalue weighted by atomic mass is 10.4. The molecule has 0 aliphatic carbocycles. The molecule has 93 heavy (non-hydrogen) atoms. The number of nitrogens with one attached hydrogen (secondary N) is 1. The molecule has 0 aliphatic heterocycles. The van der Waals surface area contributed by atoms with Crippen molar-refractivity contribution in [1.82, 2.24) is 5.32 Å². The Labute approximate surface area is 566 Å². The van der Waals surface area contributed by atoms with Crippen LogP contribution in [-0.4, -0.2) is 12.5 Å². The van der Waals surface area contributed by atoms with Crippen molar-refractivity contribution in [3.05, 3.63) is 0 Å². The molecule has 0 fully saturated rings. The van der Waals surface area contributed by atoms with Crippen molar-refractivity contribution in [1.29, 1.82) is 0 Å². The molecule has 0 rings (SSSR count). The van der Waals surface area contributed by atoms with Gasteiger partial charge in [-0.1, -0.05) is 0 Å². The van der Waals surface area contributed by atoms with Crippen molar-refractivity contribution < 1.29 is 4.79 Å². The average molecular weight is 1250 g/mol. The van der Waals surface area contributed by atoms with Gasteiger partial charge in [0.1, 0.15) is 0 Å². The van der Waals surface area contributed by atoms with Crippen LogP contribution in [0.3, 0.4) is 0 Å². The fourth-order valence-electron chi connectivity index (χ4n) is 2.82. The second-order valence-electron chi connectivity index (χ2n) is 11.6. The van der Waals surface area contributed by atoms with Gasteiger partial charge in [0, 0.05) is 416 Å². The van der Waals surface area contributed by atoms with E-state index in [2.05, 4.69) is 503 Å². The maximum absolute atomic E-state index is 9.93. The van der Waals surface area contributed by atoms with Crippen LogP contribution in [0, 0.1) is 510 Å². The van der Waals surface area contributed by atoms with Gasteiger partial charge in [0.2, 0.25) is 5.91 Å². The van der Waals surface area contributed by atoms with Crippen LogP contribution in [0.4, 0.5) is 0 Å². The van der Waals surface area contributed by atoms with Gasteiger partial charge < -0.3 is 5.32 Å². The first-order chi connectivity index (χ1) is 45.7. The maximum atomic E-state index is 9.93. The summed E-state index contributed by atoms with van der Waals surface area (Å²) in [5.74, 6) is 208. The third kappa shape index (κ3) is 82.3. The number of amides is 1. The van der Waals surface area contributed by atoms with Crippen molar-refractivity contribution in [2.45, 2.75) is 13.8 Å². The monoisotopic (exact) mass is 1250 g/mol. The maximum Gasteiger partial charge on any atom is 0.216 e. The van der Waals surface area contributed by atoms with E-state index < -0.39 is 0 Å². The highest BCUT2D eigenvalue weighted by Crippen LogP contribution is 1.66. The molecule has 1 amide bonds. The third-order valence-electron chi connectivity index (χ3n) is 5.63. The first-order valence-corrected chi connectivity index (χ1v) is 23.3. The predicted octanol–water partition coefficient (Wildman–Crippen LogP) is 1.15. The second kappa shape index (κ2) is 77.5. The Morgan fingerprint density at radius 1 is 0.183 bits per heavy atom. The first-order valence-electron chi connectivity index (χ1n) is 23.3. The lowest BCUT2D eigenvalue weighted by Crippen LogP contribution is -2.18. The van der Waals surface area contributed by atoms with Crippen LogP contribution in [0.25, 0.3) is 0 Å². The fourth-order valence-corrected chi connectivity index (χ4v) is 2.82. The number of halogens is 1. The summed E-state index contributed by atoms with van der Waals surface area (Å²) in [6.07, 6.45) is 9.90. The average Bonchev–Trinajstić information content (AvgIpc) is 3.56. The number of carbonyl (C=O) groups excluding carboxylic acids is 1. The molecule has 0 saturated carbocycles. The molecule has 0 aliphatic rings. The quantitative estimate of drug-likeness (QED) is 0.311. The predicted molar refractivity (Wildman–Crippen MR) is 376 cm³/mol. The van der Waals surface area contributed by atoms with Crippen LogP contribution in [0.15, 0.2) is 0 Å². The summed E-state index contributed by atoms with van der Waals surface area (Å²) in [6.45, 7) is 4.13. The van der Waals surface area contributed by atoms with E-state index in [0.29, 0.717) is 0 Å². The van der Waals surface area contributed by atoms with Crippen LogP contribution in [0.1, 0.15) is 13.8 Å². The molecule has 0 spiro atoms. The zero-order valence-electron chi connectivity index (χ0n) is 47.7. The van der Waals surface area contributed by atoms with E-state index in [-0.39, 0.29) is 29.9 Å². The molecular formula is C90H12INO. The molecule has 0 atom stereocenters. The van der Waals surface area contributed by atoms with Crippen LogP contribution in [0.5, 0.6) is 0 Å². The van der Waals surface area contributed by atoms with Crippen molar-refractivity contribution in [2.24, 2.45) is 0 Å². The summed E-state index contributed by atoms with van der Waals surface area (Å²) in [5, 5.41) is 2.57. The summed E-state index contributed by atoms with van der Waals surface area (Å²) < 4.78 is 0. The molecule has 0 radical (unpaired) electrons. The highest BCUT2D eigenvalue weighted by molar-refractivity contribution is 14.0. The Bertz CT molecular complexity index is 5730. The molecule has 2 nitrogen and oxygen atoms in total. The van der Waals surface area contributed by atoms with Crippen LogP contribution < -0.4 is 5.32 Å². The summed E-state index contributed by atoms with van der Waals surface area (Å²) in [5.41, 5.74) is 0. The highest BCUT2D eigenvalue weighted by Gasteiger charge is 1.79. The van der Waals surface area contributed by atoms with E-state index >= 15 is 0 Å². The standard InChI is InChI=1S/C86H2.C4H9NO.HI/c1-3-5-7-9-11-13-15-17-19-21-23-25-27-29-31-33-35-37-39-41-43-45-47-49-51-53-55-57-59-61-63-65-67-69-71-73-75-77-79-81-83-85-86-84-82-80-78-76-74-72-70-68-66-64-62-60-58-56-54-52-50-48-46-44-42-40-38-36-34-32-30-28-26-24-22-20-18-16-14-12-10-8-6-4-2;1-3-5-4(2)6;/h1-2H;3H2,1-2H3,(H,5,6);1H. The Morgan fingerprint density at radius 2 is 0.247 bits per heavy atom. The molecule has 0 heterocycles. The molecule has 0 aromatic rings. The smallest absolute Gasteiger partial charge is 0.216 e. The zero-order valence-corrected chi connectivity index (χ0v) is 50.0. The number of carbonyl (C=O) groups is 1. The number of terminal acetylenes is 2. The van der Waals surface area contributed by atoms with Crippen LogP contribution in [-0.2, 0) is 4.79 Å². The number of hydrogen-bond acceptors (Lipinski definition) is 1. The van der Waals surface area contributed by atoms with E-state index in [1.54, 1.807) is 0 Å². The van der Waals surface area contributed by atoms with E-state index in [1.165, 1.54) is 6.92 Å². The normalized spacial score (nSPS) is 4.13. The number of hydrogen-bond donors (Lipinski definition) is 1. The number of rotatable bonds is 1. The van der Waals surface area contributed by atoms with E-state index in [1.807, 2.05) is 6.92 Å². The van der Waals surface area contributed by atoms with Gasteiger partial charge in [0.15, 0.2) is 0 Å². The van der Waals surface area contributed by atoms with E-state index in [9.17, 15) is 4.79 Å². The molecule has 0 unspecified atom stereocenters. The van der Waals surface area contributed by atoms with Gasteiger partial charge in [-0.15, -0.1) is 36.8 Å². The van der Waals surface area contributed by atoms with Gasteiger partial charge in [-0.25, -0.2) is 0 Å². The Morgan fingerprint density at radius 3 is 0.280 bits per heavy atom. The molecular weight excluding hydrogens is 1240 g/mol. The van der Waals surface area contributed by atoms with E-state index in [4.69, 9.17) is 12.8 Å². The fraction of sp³-hybridized carbons (Fsp3) is 0.0333. The van der Waals surface area contributed by atoms with E-state index in [0.717, 1.165) is 6.54 Å². The van der Waals surface area contributed by atoms with Gasteiger partial charge >= 0.3 is 0 Å². The molecule has 0 saturated heterocycles. The topological polar surface area (TPSA) is 29.1 Å². The van der Waals surface area contributed by atoms with Gasteiger partial charge in [-0.3, -0.25) is 4.79 Å². The summed E-state index contributed by atoms with van der Waals surface area (Å²) in [4.78, 5) is 9.93. The van der Waals surface area contributed by atoms with Gasteiger partial charge in [0.25, 0.3) is 0 Å². The Kier molecular flexibility index (Phi) is 65.4. The van der Waals surface area contributed by atoms with Crippen molar-refractivity contribution >= 4 is 29.9 Å². The Balaban J connectivity index is -0.0000110. The minimum absolute atomic E-state index is 0. The SMILES string of the molecule is C#CC#CC#CC#CC#CC#CC#CC#CC#CC#CC#CC#CC#CC#CC#CC#CC#CC#CC#CC#CC#CC#CC#CC#CC#CC#CC#CC#CC#CC#CC#CC#CC#CC#CC#CC#CC#CC#CC#CC#CC#CC#CC#C.CCNC(C)=O.I. The summed E-state index contributed by atoms with van der Waals surface area (Å²) in [7, 11) is 0. The van der Waals surface area contributed by atoms with Crippen molar-refractivity contribution in [3.63, 3.8) is 0 Å². The lowest BCUT2D eigenvalue weighted by molar-refractivity contribution is -0.118. The van der Waals surface area contributed by atoms with Gasteiger partial charge in [0.05, 0.1) is 0 Å². The first kappa shape index (κ1) is 78.5. The van der Waals surface area contributed by atoms with Crippen LogP contribution in [0.2, 0.25) is 0 Å². The molecule has 390 valence electrons. The largest absolute Gasteiger partial charge is 0.357 e. The van der Waals surface area contributed by atoms with Crippen molar-refractivity contribution in [2.75, 3.05) is 6.54 Å².